The Balaban J connectivity index is 1.58. The maximum Gasteiger partial charge on any atom is 0.194 e. The van der Waals surface area contributed by atoms with E-state index in [1.54, 1.807) is 6.21 Å². The highest BCUT2D eigenvalue weighted by Gasteiger charge is 2.20. The van der Waals surface area contributed by atoms with Crippen LogP contribution < -0.4 is 0 Å². The van der Waals surface area contributed by atoms with Crippen LogP contribution in [-0.2, 0) is 0 Å². The van der Waals surface area contributed by atoms with E-state index in [-0.39, 0.29) is 5.56 Å². The van der Waals surface area contributed by atoms with Gasteiger partial charge in [0, 0.05) is 5.56 Å². The van der Waals surface area contributed by atoms with Gasteiger partial charge in [-0.25, -0.2) is 13.2 Å². The quantitative estimate of drug-likeness (QED) is 0.337. The fraction of sp³-hybridized carbons (Fsp3) is 0.364. The molecule has 3 rings (SSSR count). The lowest BCUT2D eigenvalue weighted by atomic mass is 9.78. The predicted octanol–water partition coefficient (Wildman–Crippen LogP) is 6.24. The Morgan fingerprint density at radius 3 is 1.96 bits per heavy atom. The minimum Gasteiger partial charge on any atom is -0.204 e. The fourth-order valence-corrected chi connectivity index (χ4v) is 3.61. The van der Waals surface area contributed by atoms with Gasteiger partial charge < -0.3 is 0 Å². The Morgan fingerprint density at radius 2 is 1.41 bits per heavy atom. The van der Waals surface area contributed by atoms with Crippen molar-refractivity contribution in [2.75, 3.05) is 0 Å². The Hall–Kier alpha value is -2.43. The van der Waals surface area contributed by atoms with E-state index in [4.69, 9.17) is 0 Å². The minimum absolute atomic E-state index is 0.113. The molecule has 0 spiro atoms. The average Bonchev–Trinajstić information content (AvgIpc) is 2.70. The van der Waals surface area contributed by atoms with Crippen LogP contribution in [0.4, 0.5) is 13.2 Å². The molecule has 0 heterocycles. The number of halogens is 3. The summed E-state index contributed by atoms with van der Waals surface area (Å²) in [5.41, 5.74) is 2.37. The normalized spacial score (nSPS) is 20.6. The number of benzene rings is 2. The van der Waals surface area contributed by atoms with Gasteiger partial charge in [0.2, 0.25) is 0 Å². The second-order valence-corrected chi connectivity index (χ2v) is 7.08. The highest BCUT2D eigenvalue weighted by Crippen LogP contribution is 2.36. The highest BCUT2D eigenvalue weighted by molar-refractivity contribution is 5.82. The molecular formula is C22H23F3N2. The van der Waals surface area contributed by atoms with E-state index in [2.05, 4.69) is 29.3 Å². The molecule has 1 fully saturated rings. The van der Waals surface area contributed by atoms with Crippen molar-refractivity contribution in [2.24, 2.45) is 16.1 Å². The monoisotopic (exact) mass is 372 g/mol. The Bertz CT molecular complexity index is 797. The van der Waals surface area contributed by atoms with Crippen molar-refractivity contribution in [3.05, 3.63) is 70.5 Å². The molecule has 27 heavy (non-hydrogen) atoms. The molecule has 1 aliphatic carbocycles. The molecule has 1 saturated carbocycles. The Labute approximate surface area is 157 Å². The molecule has 0 radical (unpaired) electrons. The predicted molar refractivity (Wildman–Crippen MR) is 103 cm³/mol. The average molecular weight is 372 g/mol. The van der Waals surface area contributed by atoms with Crippen molar-refractivity contribution in [1.82, 2.24) is 0 Å². The van der Waals surface area contributed by atoms with Crippen LogP contribution >= 0.6 is 0 Å². The number of hydrogen-bond acceptors (Lipinski definition) is 2. The van der Waals surface area contributed by atoms with Crippen LogP contribution in [0.2, 0.25) is 0 Å². The molecule has 1 aliphatic rings. The summed E-state index contributed by atoms with van der Waals surface area (Å²) in [6.07, 6.45) is 9.16. The topological polar surface area (TPSA) is 24.7 Å². The number of rotatable bonds is 5. The van der Waals surface area contributed by atoms with Crippen molar-refractivity contribution in [3.8, 4) is 0 Å². The first-order valence-electron chi connectivity index (χ1n) is 9.37. The molecule has 2 aromatic rings. The Morgan fingerprint density at radius 1 is 0.852 bits per heavy atom. The summed E-state index contributed by atoms with van der Waals surface area (Å²) in [6.45, 7) is 2.27. The number of nitrogens with zero attached hydrogens (tertiary/aromatic N) is 2. The van der Waals surface area contributed by atoms with E-state index >= 15 is 0 Å². The maximum absolute atomic E-state index is 13.1. The standard InChI is InChI=1S/C22H23F3N2/c1-2-15-3-7-18(8-4-15)19-9-5-16(6-10-19)13-26-27-14-17-11-20(23)22(25)21(24)12-17/h5-6,9-15,18H,2-4,7-8H2,1H3/t15-,18-. The van der Waals surface area contributed by atoms with Gasteiger partial charge in [-0.15, -0.1) is 0 Å². The van der Waals surface area contributed by atoms with Gasteiger partial charge >= 0.3 is 0 Å². The second kappa shape index (κ2) is 8.98. The van der Waals surface area contributed by atoms with Gasteiger partial charge in [0.05, 0.1) is 12.4 Å². The molecule has 142 valence electrons. The summed E-state index contributed by atoms with van der Waals surface area (Å²) in [4.78, 5) is 0. The molecule has 0 N–H and O–H groups in total. The van der Waals surface area contributed by atoms with E-state index in [0.717, 1.165) is 23.6 Å². The molecular weight excluding hydrogens is 349 g/mol. The first kappa shape index (κ1) is 19.3. The van der Waals surface area contributed by atoms with Crippen LogP contribution in [0, 0.1) is 23.4 Å². The van der Waals surface area contributed by atoms with E-state index < -0.39 is 17.5 Å². The lowest BCUT2D eigenvalue weighted by Crippen LogP contribution is -2.12. The van der Waals surface area contributed by atoms with E-state index in [9.17, 15) is 13.2 Å². The zero-order valence-corrected chi connectivity index (χ0v) is 15.3. The first-order chi connectivity index (χ1) is 13.1. The summed E-state index contributed by atoms with van der Waals surface area (Å²) in [6, 6.07) is 10.0. The van der Waals surface area contributed by atoms with Crippen molar-refractivity contribution in [2.45, 2.75) is 44.9 Å². The van der Waals surface area contributed by atoms with Crippen molar-refractivity contribution in [1.29, 1.82) is 0 Å². The van der Waals surface area contributed by atoms with Gasteiger partial charge in [-0.2, -0.15) is 10.2 Å². The van der Waals surface area contributed by atoms with Gasteiger partial charge in [0.1, 0.15) is 0 Å². The lowest BCUT2D eigenvalue weighted by molar-refractivity contribution is 0.319. The Kier molecular flexibility index (Phi) is 6.43. The highest BCUT2D eigenvalue weighted by atomic mass is 19.2. The third kappa shape index (κ3) is 5.06. The van der Waals surface area contributed by atoms with Gasteiger partial charge in [-0.05, 0) is 60.8 Å². The van der Waals surface area contributed by atoms with Crippen molar-refractivity contribution in [3.63, 3.8) is 0 Å². The molecule has 0 amide bonds. The second-order valence-electron chi connectivity index (χ2n) is 7.08. The summed E-state index contributed by atoms with van der Waals surface area (Å²) in [7, 11) is 0. The molecule has 2 nitrogen and oxygen atoms in total. The van der Waals surface area contributed by atoms with Crippen LogP contribution in [0.3, 0.4) is 0 Å². The SMILES string of the molecule is CC[C@H]1CC[C@H](c2ccc(C=NN=Cc3cc(F)c(F)c(F)c3)cc2)CC1. The molecule has 0 atom stereocenters. The molecule has 5 heteroatoms. The molecule has 0 saturated heterocycles. The van der Waals surface area contributed by atoms with Crippen LogP contribution in [0.5, 0.6) is 0 Å². The molecule has 0 aliphatic heterocycles. The van der Waals surface area contributed by atoms with Crippen LogP contribution in [-0.4, -0.2) is 12.4 Å². The van der Waals surface area contributed by atoms with Gasteiger partial charge in [-0.3, -0.25) is 0 Å². The van der Waals surface area contributed by atoms with E-state index in [0.29, 0.717) is 5.92 Å². The summed E-state index contributed by atoms with van der Waals surface area (Å²) in [5.74, 6) is -2.46. The van der Waals surface area contributed by atoms with Gasteiger partial charge in [0.25, 0.3) is 0 Å². The fourth-order valence-electron chi connectivity index (χ4n) is 3.61. The maximum atomic E-state index is 13.1. The van der Waals surface area contributed by atoms with Gasteiger partial charge in [-0.1, -0.05) is 37.6 Å². The smallest absolute Gasteiger partial charge is 0.194 e. The zero-order chi connectivity index (χ0) is 19.2. The first-order valence-corrected chi connectivity index (χ1v) is 9.37. The molecule has 0 aromatic heterocycles. The molecule has 0 bridgehead atoms. The largest absolute Gasteiger partial charge is 0.204 e. The van der Waals surface area contributed by atoms with E-state index in [1.165, 1.54) is 43.9 Å². The van der Waals surface area contributed by atoms with Crippen molar-refractivity contribution >= 4 is 12.4 Å². The molecule has 0 unspecified atom stereocenters. The lowest BCUT2D eigenvalue weighted by Gasteiger charge is -2.28. The summed E-state index contributed by atoms with van der Waals surface area (Å²) >= 11 is 0. The minimum atomic E-state index is -1.49. The number of hydrogen-bond donors (Lipinski definition) is 0. The molecule has 2 aromatic carbocycles. The van der Waals surface area contributed by atoms with Crippen LogP contribution in [0.15, 0.2) is 46.6 Å². The third-order valence-electron chi connectivity index (χ3n) is 5.32. The summed E-state index contributed by atoms with van der Waals surface area (Å²) in [5, 5.41) is 7.66. The van der Waals surface area contributed by atoms with E-state index in [1.807, 2.05) is 12.1 Å². The zero-order valence-electron chi connectivity index (χ0n) is 15.3. The third-order valence-corrected chi connectivity index (χ3v) is 5.32. The summed E-state index contributed by atoms with van der Waals surface area (Å²) < 4.78 is 39.2. The van der Waals surface area contributed by atoms with Crippen molar-refractivity contribution < 1.29 is 13.2 Å². The van der Waals surface area contributed by atoms with Gasteiger partial charge in [0.15, 0.2) is 17.5 Å². The van der Waals surface area contributed by atoms with Crippen LogP contribution in [0.1, 0.15) is 61.6 Å². The van der Waals surface area contributed by atoms with Crippen LogP contribution in [0.25, 0.3) is 0 Å².